The fraction of sp³-hybridized carbons (Fsp3) is 0.455. The Morgan fingerprint density at radius 2 is 1.75 bits per heavy atom. The number of nitrogens with one attached hydrogen (secondary N) is 2. The lowest BCUT2D eigenvalue weighted by atomic mass is 10.2. The molecule has 1 aromatic carbocycles. The molecule has 0 amide bonds. The second-order valence-electron chi connectivity index (χ2n) is 3.95. The Labute approximate surface area is 97.1 Å². The lowest BCUT2D eigenvalue weighted by molar-refractivity contribution is 0.570. The molecule has 1 aromatic rings. The summed E-state index contributed by atoms with van der Waals surface area (Å²) in [6, 6.07) is 6.77. The van der Waals surface area contributed by atoms with Crippen LogP contribution < -0.4 is 10.0 Å². The third-order valence-electron chi connectivity index (χ3n) is 2.01. The van der Waals surface area contributed by atoms with E-state index in [-0.39, 0.29) is 6.04 Å². The van der Waals surface area contributed by atoms with Crippen molar-refractivity contribution in [1.29, 1.82) is 0 Å². The topological polar surface area (TPSA) is 58.2 Å². The third kappa shape index (κ3) is 3.59. The SMILES string of the molecule is CNCc1ccc(S(=O)(=O)NC(C)C)cc1. The lowest BCUT2D eigenvalue weighted by Gasteiger charge is -2.09. The zero-order valence-corrected chi connectivity index (χ0v) is 10.6. The lowest BCUT2D eigenvalue weighted by Crippen LogP contribution is -2.30. The van der Waals surface area contributed by atoms with Crippen LogP contribution in [0.25, 0.3) is 0 Å². The predicted octanol–water partition coefficient (Wildman–Crippen LogP) is 1.09. The minimum absolute atomic E-state index is 0.0954. The molecule has 4 nitrogen and oxygen atoms in total. The van der Waals surface area contributed by atoms with Crippen molar-refractivity contribution >= 4 is 10.0 Å². The molecule has 0 aliphatic carbocycles. The molecule has 0 unspecified atom stereocenters. The molecular formula is C11H18N2O2S. The summed E-state index contributed by atoms with van der Waals surface area (Å²) in [5.74, 6) is 0. The number of hydrogen-bond acceptors (Lipinski definition) is 3. The molecule has 0 saturated heterocycles. The molecule has 90 valence electrons. The van der Waals surface area contributed by atoms with Crippen LogP contribution in [0.15, 0.2) is 29.2 Å². The minimum atomic E-state index is -3.36. The smallest absolute Gasteiger partial charge is 0.240 e. The van der Waals surface area contributed by atoms with Gasteiger partial charge >= 0.3 is 0 Å². The zero-order chi connectivity index (χ0) is 12.2. The first-order chi connectivity index (χ1) is 7.45. The Morgan fingerprint density at radius 1 is 1.19 bits per heavy atom. The van der Waals surface area contributed by atoms with E-state index in [0.29, 0.717) is 4.90 Å². The maximum absolute atomic E-state index is 11.8. The Balaban J connectivity index is 2.89. The first-order valence-corrected chi connectivity index (χ1v) is 6.70. The van der Waals surface area contributed by atoms with Crippen LogP contribution in [0.4, 0.5) is 0 Å². The van der Waals surface area contributed by atoms with E-state index in [2.05, 4.69) is 10.0 Å². The quantitative estimate of drug-likeness (QED) is 0.812. The van der Waals surface area contributed by atoms with Crippen LogP contribution in [0.5, 0.6) is 0 Å². The van der Waals surface area contributed by atoms with Gasteiger partial charge in [0.1, 0.15) is 0 Å². The highest BCUT2D eigenvalue weighted by molar-refractivity contribution is 7.89. The van der Waals surface area contributed by atoms with Crippen molar-refractivity contribution in [2.24, 2.45) is 0 Å². The van der Waals surface area contributed by atoms with Gasteiger partial charge in [-0.1, -0.05) is 12.1 Å². The normalized spacial score (nSPS) is 12.0. The molecule has 2 N–H and O–H groups in total. The van der Waals surface area contributed by atoms with E-state index in [9.17, 15) is 8.42 Å². The summed E-state index contributed by atoms with van der Waals surface area (Å²) < 4.78 is 26.1. The van der Waals surface area contributed by atoms with Crippen molar-refractivity contribution in [3.63, 3.8) is 0 Å². The Morgan fingerprint density at radius 3 is 2.19 bits per heavy atom. The van der Waals surface area contributed by atoms with Gasteiger partial charge in [-0.2, -0.15) is 0 Å². The monoisotopic (exact) mass is 242 g/mol. The minimum Gasteiger partial charge on any atom is -0.316 e. The van der Waals surface area contributed by atoms with E-state index in [1.807, 2.05) is 19.2 Å². The molecule has 1 rings (SSSR count). The predicted molar refractivity (Wildman–Crippen MR) is 64.7 cm³/mol. The van der Waals surface area contributed by atoms with Gasteiger partial charge < -0.3 is 5.32 Å². The highest BCUT2D eigenvalue weighted by Gasteiger charge is 2.14. The molecule has 0 heterocycles. The largest absolute Gasteiger partial charge is 0.316 e. The van der Waals surface area contributed by atoms with E-state index >= 15 is 0 Å². The molecule has 0 saturated carbocycles. The van der Waals surface area contributed by atoms with Crippen molar-refractivity contribution < 1.29 is 8.42 Å². The molecule has 0 aliphatic heterocycles. The van der Waals surface area contributed by atoms with E-state index in [1.54, 1.807) is 26.0 Å². The standard InChI is InChI=1S/C11H18N2O2S/c1-9(2)13-16(14,15)11-6-4-10(5-7-11)8-12-3/h4-7,9,12-13H,8H2,1-3H3. The third-order valence-corrected chi connectivity index (χ3v) is 3.68. The van der Waals surface area contributed by atoms with Crippen LogP contribution in [0.3, 0.4) is 0 Å². The summed E-state index contributed by atoms with van der Waals surface area (Å²) in [5.41, 5.74) is 1.06. The van der Waals surface area contributed by atoms with Gasteiger partial charge in [-0.3, -0.25) is 0 Å². The molecule has 0 atom stereocenters. The molecule has 0 radical (unpaired) electrons. The summed E-state index contributed by atoms with van der Waals surface area (Å²) in [7, 11) is -1.51. The summed E-state index contributed by atoms with van der Waals surface area (Å²) in [4.78, 5) is 0.307. The van der Waals surface area contributed by atoms with Crippen molar-refractivity contribution in [3.05, 3.63) is 29.8 Å². The summed E-state index contributed by atoms with van der Waals surface area (Å²) in [6.07, 6.45) is 0. The van der Waals surface area contributed by atoms with Crippen LogP contribution in [0.1, 0.15) is 19.4 Å². The molecule has 0 aliphatic rings. The van der Waals surface area contributed by atoms with Crippen LogP contribution in [-0.4, -0.2) is 21.5 Å². The van der Waals surface area contributed by atoms with Gasteiger partial charge in [-0.25, -0.2) is 13.1 Å². The van der Waals surface area contributed by atoms with Crippen molar-refractivity contribution in [2.45, 2.75) is 31.3 Å². The second-order valence-corrected chi connectivity index (χ2v) is 5.66. The fourth-order valence-electron chi connectivity index (χ4n) is 1.37. The summed E-state index contributed by atoms with van der Waals surface area (Å²) in [5, 5.41) is 3.01. The summed E-state index contributed by atoms with van der Waals surface area (Å²) >= 11 is 0. The number of rotatable bonds is 5. The molecule has 0 spiro atoms. The van der Waals surface area contributed by atoms with Crippen LogP contribution in [0.2, 0.25) is 0 Å². The van der Waals surface area contributed by atoms with Gasteiger partial charge in [-0.15, -0.1) is 0 Å². The van der Waals surface area contributed by atoms with E-state index in [0.717, 1.165) is 12.1 Å². The van der Waals surface area contributed by atoms with Gasteiger partial charge in [0, 0.05) is 12.6 Å². The fourth-order valence-corrected chi connectivity index (χ4v) is 2.62. The highest BCUT2D eigenvalue weighted by Crippen LogP contribution is 2.10. The number of benzene rings is 1. The van der Waals surface area contributed by atoms with Gasteiger partial charge in [0.05, 0.1) is 4.90 Å². The molecule has 0 aromatic heterocycles. The maximum Gasteiger partial charge on any atom is 0.240 e. The van der Waals surface area contributed by atoms with E-state index in [1.165, 1.54) is 0 Å². The average molecular weight is 242 g/mol. The van der Waals surface area contributed by atoms with Crippen LogP contribution in [-0.2, 0) is 16.6 Å². The van der Waals surface area contributed by atoms with Crippen LogP contribution in [0, 0.1) is 0 Å². The van der Waals surface area contributed by atoms with Crippen LogP contribution >= 0.6 is 0 Å². The summed E-state index contributed by atoms with van der Waals surface area (Å²) in [6.45, 7) is 4.33. The van der Waals surface area contributed by atoms with Crippen molar-refractivity contribution in [3.8, 4) is 0 Å². The average Bonchev–Trinajstić information content (AvgIpc) is 2.17. The Bertz CT molecular complexity index is 424. The van der Waals surface area contributed by atoms with E-state index in [4.69, 9.17) is 0 Å². The zero-order valence-electron chi connectivity index (χ0n) is 9.82. The van der Waals surface area contributed by atoms with Gasteiger partial charge in [0.15, 0.2) is 0 Å². The highest BCUT2D eigenvalue weighted by atomic mass is 32.2. The first-order valence-electron chi connectivity index (χ1n) is 5.21. The number of sulfonamides is 1. The van der Waals surface area contributed by atoms with Gasteiger partial charge in [0.25, 0.3) is 0 Å². The van der Waals surface area contributed by atoms with Gasteiger partial charge in [-0.05, 0) is 38.6 Å². The van der Waals surface area contributed by atoms with Crippen molar-refractivity contribution in [2.75, 3.05) is 7.05 Å². The second kappa shape index (κ2) is 5.43. The molecule has 0 bridgehead atoms. The molecule has 0 fully saturated rings. The molecule has 16 heavy (non-hydrogen) atoms. The Kier molecular flexibility index (Phi) is 4.46. The first kappa shape index (κ1) is 13.2. The Hall–Kier alpha value is -0.910. The van der Waals surface area contributed by atoms with Gasteiger partial charge in [0.2, 0.25) is 10.0 Å². The molecule has 5 heteroatoms. The maximum atomic E-state index is 11.8. The van der Waals surface area contributed by atoms with E-state index < -0.39 is 10.0 Å². The van der Waals surface area contributed by atoms with Crippen molar-refractivity contribution in [1.82, 2.24) is 10.0 Å². The molecular weight excluding hydrogens is 224 g/mol. The number of hydrogen-bond donors (Lipinski definition) is 2.